The zero-order valence-electron chi connectivity index (χ0n) is 13.9. The van der Waals surface area contributed by atoms with E-state index in [-0.39, 0.29) is 0 Å². The van der Waals surface area contributed by atoms with E-state index in [4.69, 9.17) is 10.5 Å². The molecule has 0 aromatic heterocycles. The van der Waals surface area contributed by atoms with Gasteiger partial charge in [0.25, 0.3) is 0 Å². The minimum Gasteiger partial charge on any atom is -0.380 e. The average molecular weight is 358 g/mol. The third-order valence-corrected chi connectivity index (χ3v) is 5.97. The number of aliphatic imine (C=N–C) groups is 1. The largest absolute Gasteiger partial charge is 0.380 e. The fourth-order valence-electron chi connectivity index (χ4n) is 2.50. The Balaban J connectivity index is 2.55. The lowest BCUT2D eigenvalue weighted by atomic mass is 9.88. The van der Waals surface area contributed by atoms with Gasteiger partial charge >= 0.3 is 0 Å². The first-order valence-corrected chi connectivity index (χ1v) is 10.0. The molecule has 1 atom stereocenters. The van der Waals surface area contributed by atoms with Crippen LogP contribution >= 0.6 is 11.8 Å². The summed E-state index contributed by atoms with van der Waals surface area (Å²) in [5.41, 5.74) is 7.89. The fourth-order valence-corrected chi connectivity index (χ4v) is 3.97. The van der Waals surface area contributed by atoms with Crippen LogP contribution in [0.4, 0.5) is 5.69 Å². The molecule has 0 amide bonds. The highest BCUT2D eigenvalue weighted by Crippen LogP contribution is 2.37. The Morgan fingerprint density at radius 2 is 2.13 bits per heavy atom. The van der Waals surface area contributed by atoms with Crippen LogP contribution in [0, 0.1) is 0 Å². The standard InChI is InChI=1S/C15H23N3O3S2/c1-15(5-6-22-14(16)17-15)12-7-11(10-21-3)8-13(9-12)18(2)23(4,19)20/h7-9H,5-6,10H2,1-4H3,(H2,16,17). The molecule has 0 aliphatic carbocycles. The predicted molar refractivity (Wildman–Crippen MR) is 96.5 cm³/mol. The van der Waals surface area contributed by atoms with E-state index in [0.717, 1.165) is 23.3 Å². The molecule has 1 aliphatic heterocycles. The zero-order chi connectivity index (χ0) is 17.3. The van der Waals surface area contributed by atoms with Gasteiger partial charge < -0.3 is 10.5 Å². The highest BCUT2D eigenvalue weighted by Gasteiger charge is 2.30. The third kappa shape index (κ3) is 4.19. The van der Waals surface area contributed by atoms with Crippen molar-refractivity contribution in [2.45, 2.75) is 25.5 Å². The van der Waals surface area contributed by atoms with Crippen LogP contribution in [0.3, 0.4) is 0 Å². The van der Waals surface area contributed by atoms with Gasteiger partial charge in [-0.25, -0.2) is 8.42 Å². The van der Waals surface area contributed by atoms with Crippen LogP contribution in [0.1, 0.15) is 24.5 Å². The van der Waals surface area contributed by atoms with Gasteiger partial charge in [0.1, 0.15) is 0 Å². The number of hydrogen-bond acceptors (Lipinski definition) is 6. The zero-order valence-corrected chi connectivity index (χ0v) is 15.5. The number of rotatable bonds is 5. The van der Waals surface area contributed by atoms with Gasteiger partial charge in [0, 0.05) is 19.9 Å². The van der Waals surface area contributed by atoms with Crippen LogP contribution in [0.15, 0.2) is 23.2 Å². The number of benzene rings is 1. The van der Waals surface area contributed by atoms with E-state index in [0.29, 0.717) is 17.5 Å². The Morgan fingerprint density at radius 1 is 1.43 bits per heavy atom. The minimum atomic E-state index is -3.34. The van der Waals surface area contributed by atoms with Gasteiger partial charge in [0.05, 0.1) is 24.1 Å². The van der Waals surface area contributed by atoms with E-state index < -0.39 is 15.6 Å². The lowest BCUT2D eigenvalue weighted by Crippen LogP contribution is -2.30. The lowest BCUT2D eigenvalue weighted by Gasteiger charge is -2.31. The molecule has 0 spiro atoms. The van der Waals surface area contributed by atoms with Crippen molar-refractivity contribution in [1.29, 1.82) is 0 Å². The van der Waals surface area contributed by atoms with Gasteiger partial charge in [-0.1, -0.05) is 17.8 Å². The summed E-state index contributed by atoms with van der Waals surface area (Å²) in [5, 5.41) is 0.564. The topological polar surface area (TPSA) is 85.0 Å². The maximum absolute atomic E-state index is 11.9. The monoisotopic (exact) mass is 357 g/mol. The molecule has 6 nitrogen and oxygen atoms in total. The molecule has 1 aromatic rings. The molecule has 0 radical (unpaired) electrons. The lowest BCUT2D eigenvalue weighted by molar-refractivity contribution is 0.185. The van der Waals surface area contributed by atoms with Crippen molar-refractivity contribution in [3.63, 3.8) is 0 Å². The number of ether oxygens (including phenoxy) is 1. The summed E-state index contributed by atoms with van der Waals surface area (Å²) in [5.74, 6) is 0.886. The van der Waals surface area contributed by atoms with Crippen molar-refractivity contribution in [3.8, 4) is 0 Å². The second-order valence-corrected chi connectivity index (χ2v) is 9.00. The van der Waals surface area contributed by atoms with Crippen molar-refractivity contribution in [2.75, 3.05) is 30.5 Å². The van der Waals surface area contributed by atoms with Gasteiger partial charge in [0.15, 0.2) is 5.17 Å². The second kappa shape index (κ2) is 6.70. The summed E-state index contributed by atoms with van der Waals surface area (Å²) in [6.45, 7) is 2.43. The molecule has 0 bridgehead atoms. The van der Waals surface area contributed by atoms with Crippen LogP contribution in [0.2, 0.25) is 0 Å². The highest BCUT2D eigenvalue weighted by molar-refractivity contribution is 8.13. The van der Waals surface area contributed by atoms with E-state index in [9.17, 15) is 8.42 Å². The van der Waals surface area contributed by atoms with E-state index in [2.05, 4.69) is 4.99 Å². The summed E-state index contributed by atoms with van der Waals surface area (Å²) in [6.07, 6.45) is 2.03. The molecule has 1 unspecified atom stereocenters. The Kier molecular flexibility index (Phi) is 5.27. The maximum Gasteiger partial charge on any atom is 0.231 e. The number of sulfonamides is 1. The van der Waals surface area contributed by atoms with E-state index in [1.165, 1.54) is 10.6 Å². The van der Waals surface area contributed by atoms with E-state index in [1.807, 2.05) is 25.1 Å². The average Bonchev–Trinajstić information content (AvgIpc) is 2.45. The number of amidine groups is 1. The van der Waals surface area contributed by atoms with Crippen molar-refractivity contribution in [3.05, 3.63) is 29.3 Å². The third-order valence-electron chi connectivity index (χ3n) is 3.97. The van der Waals surface area contributed by atoms with E-state index >= 15 is 0 Å². The maximum atomic E-state index is 11.9. The number of hydrogen-bond donors (Lipinski definition) is 1. The minimum absolute atomic E-state index is 0.405. The molecule has 0 saturated heterocycles. The Hall–Kier alpha value is -1.25. The molecule has 23 heavy (non-hydrogen) atoms. The summed E-state index contributed by atoms with van der Waals surface area (Å²) in [7, 11) is -0.182. The summed E-state index contributed by atoms with van der Waals surface area (Å²) < 4.78 is 30.2. The molecule has 128 valence electrons. The molecule has 1 aromatic carbocycles. The first-order valence-electron chi connectivity index (χ1n) is 7.21. The molecule has 0 saturated carbocycles. The molecule has 1 aliphatic rings. The van der Waals surface area contributed by atoms with Gasteiger partial charge in [-0.3, -0.25) is 9.30 Å². The van der Waals surface area contributed by atoms with Gasteiger partial charge in [-0.2, -0.15) is 0 Å². The van der Waals surface area contributed by atoms with E-state index in [1.54, 1.807) is 25.9 Å². The second-order valence-electron chi connectivity index (χ2n) is 5.87. The van der Waals surface area contributed by atoms with Crippen LogP contribution < -0.4 is 10.0 Å². The molecular weight excluding hydrogens is 334 g/mol. The number of nitrogens with two attached hydrogens (primary N) is 1. The van der Waals surface area contributed by atoms with Gasteiger partial charge in [-0.05, 0) is 36.6 Å². The first kappa shape index (κ1) is 18.1. The molecule has 8 heteroatoms. The number of anilines is 1. The van der Waals surface area contributed by atoms with Crippen LogP contribution in [-0.4, -0.2) is 39.8 Å². The number of thioether (sulfide) groups is 1. The molecule has 1 heterocycles. The number of methoxy groups -OCH3 is 1. The van der Waals surface area contributed by atoms with Crippen LogP contribution in [-0.2, 0) is 26.9 Å². The molecular formula is C15H23N3O3S2. The van der Waals surface area contributed by atoms with Crippen molar-refractivity contribution in [1.82, 2.24) is 0 Å². The normalized spacial score (nSPS) is 21.8. The van der Waals surface area contributed by atoms with Crippen molar-refractivity contribution < 1.29 is 13.2 Å². The van der Waals surface area contributed by atoms with Gasteiger partial charge in [0.2, 0.25) is 10.0 Å². The molecule has 0 fully saturated rings. The molecule has 2 rings (SSSR count). The van der Waals surface area contributed by atoms with Crippen molar-refractivity contribution >= 4 is 32.6 Å². The Morgan fingerprint density at radius 3 is 2.70 bits per heavy atom. The SMILES string of the molecule is COCc1cc(N(C)S(C)(=O)=O)cc(C2(C)CCSC(N)=N2)c1. The Bertz CT molecular complexity index is 719. The van der Waals surface area contributed by atoms with Crippen LogP contribution in [0.25, 0.3) is 0 Å². The number of nitrogens with zero attached hydrogens (tertiary/aromatic N) is 2. The quantitative estimate of drug-likeness (QED) is 0.870. The van der Waals surface area contributed by atoms with Crippen LogP contribution in [0.5, 0.6) is 0 Å². The smallest absolute Gasteiger partial charge is 0.231 e. The fraction of sp³-hybridized carbons (Fsp3) is 0.533. The summed E-state index contributed by atoms with van der Waals surface area (Å²) in [6, 6.07) is 5.70. The highest BCUT2D eigenvalue weighted by atomic mass is 32.2. The Labute approximate surface area is 142 Å². The predicted octanol–water partition coefficient (Wildman–Crippen LogP) is 1.90. The van der Waals surface area contributed by atoms with Crippen molar-refractivity contribution in [2.24, 2.45) is 10.7 Å². The summed E-state index contributed by atoms with van der Waals surface area (Å²) >= 11 is 1.54. The molecule has 2 N–H and O–H groups in total. The van der Waals surface area contributed by atoms with Gasteiger partial charge in [-0.15, -0.1) is 0 Å². The summed E-state index contributed by atoms with van der Waals surface area (Å²) in [4.78, 5) is 4.60. The first-order chi connectivity index (χ1) is 10.7.